The molecule has 2 rings (SSSR count). The van der Waals surface area contributed by atoms with Crippen LogP contribution in [-0.4, -0.2) is 50.9 Å². The number of carbonyl (C=O) groups is 2. The first-order valence-corrected chi connectivity index (χ1v) is 7.66. The Hall–Kier alpha value is -2.24. The lowest BCUT2D eigenvalue weighted by Crippen LogP contribution is -2.52. The van der Waals surface area contributed by atoms with E-state index in [1.54, 1.807) is 12.0 Å². The fraction of sp³-hybridized carbons (Fsp3) is 0.529. The van der Waals surface area contributed by atoms with Gasteiger partial charge in [0.15, 0.2) is 0 Å². The number of rotatable bonds is 4. The minimum absolute atomic E-state index is 0.282. The van der Waals surface area contributed by atoms with Crippen molar-refractivity contribution >= 4 is 12.1 Å². The number of esters is 1. The Labute approximate surface area is 136 Å². The van der Waals surface area contributed by atoms with Gasteiger partial charge in [-0.05, 0) is 37.0 Å². The maximum absolute atomic E-state index is 12.1. The Balaban J connectivity index is 2.27. The van der Waals surface area contributed by atoms with Crippen LogP contribution >= 0.6 is 0 Å². The summed E-state index contributed by atoms with van der Waals surface area (Å²) in [4.78, 5) is 25.8. The lowest BCUT2D eigenvalue weighted by atomic mass is 9.85. The van der Waals surface area contributed by atoms with E-state index in [9.17, 15) is 9.59 Å². The van der Waals surface area contributed by atoms with Gasteiger partial charge in [0, 0.05) is 6.54 Å². The molecule has 2 atom stereocenters. The lowest BCUT2D eigenvalue weighted by Gasteiger charge is -2.39. The molecule has 1 aliphatic rings. The molecule has 126 valence electrons. The van der Waals surface area contributed by atoms with E-state index < -0.39 is 6.09 Å². The summed E-state index contributed by atoms with van der Waals surface area (Å²) in [7, 11) is 4.34. The van der Waals surface area contributed by atoms with Crippen molar-refractivity contribution in [3.05, 3.63) is 29.8 Å². The predicted octanol–water partition coefficient (Wildman–Crippen LogP) is 2.26. The summed E-state index contributed by atoms with van der Waals surface area (Å²) >= 11 is 0. The molecular formula is C17H23NO5. The largest absolute Gasteiger partial charge is 0.497 e. The lowest BCUT2D eigenvalue weighted by molar-refractivity contribution is -0.149. The molecule has 1 aromatic carbocycles. The van der Waals surface area contributed by atoms with Gasteiger partial charge >= 0.3 is 12.1 Å². The Morgan fingerprint density at radius 1 is 1.22 bits per heavy atom. The molecule has 2 unspecified atom stereocenters. The molecule has 6 heteroatoms. The molecule has 1 aromatic rings. The molecule has 0 spiro atoms. The highest BCUT2D eigenvalue weighted by atomic mass is 16.5. The zero-order valence-corrected chi connectivity index (χ0v) is 13.8. The Morgan fingerprint density at radius 3 is 2.65 bits per heavy atom. The van der Waals surface area contributed by atoms with Gasteiger partial charge in [-0.2, -0.15) is 0 Å². The number of hydrogen-bond acceptors (Lipinski definition) is 5. The van der Waals surface area contributed by atoms with Crippen molar-refractivity contribution < 1.29 is 23.8 Å². The van der Waals surface area contributed by atoms with Crippen LogP contribution in [0, 0.1) is 5.92 Å². The highest BCUT2D eigenvalue weighted by Crippen LogP contribution is 2.29. The summed E-state index contributed by atoms with van der Waals surface area (Å²) in [5, 5.41) is 0. The summed E-state index contributed by atoms with van der Waals surface area (Å²) in [6, 6.07) is 7.35. The normalized spacial score (nSPS) is 20.7. The third-order valence-electron chi connectivity index (χ3n) is 4.27. The Kier molecular flexibility index (Phi) is 5.84. The number of carbonyl (C=O) groups excluding carboxylic acids is 2. The maximum Gasteiger partial charge on any atom is 0.409 e. The van der Waals surface area contributed by atoms with Gasteiger partial charge in [-0.25, -0.2) is 4.79 Å². The highest BCUT2D eigenvalue weighted by Gasteiger charge is 2.39. The van der Waals surface area contributed by atoms with Crippen LogP contribution in [0.4, 0.5) is 4.79 Å². The maximum atomic E-state index is 12.1. The van der Waals surface area contributed by atoms with Gasteiger partial charge in [0.2, 0.25) is 0 Å². The second-order valence-electron chi connectivity index (χ2n) is 5.56. The van der Waals surface area contributed by atoms with E-state index in [0.717, 1.165) is 17.7 Å². The molecule has 0 saturated carbocycles. The van der Waals surface area contributed by atoms with Gasteiger partial charge in [0.25, 0.3) is 0 Å². The van der Waals surface area contributed by atoms with Gasteiger partial charge in [0.05, 0.1) is 33.3 Å². The molecule has 0 bridgehead atoms. The quantitative estimate of drug-likeness (QED) is 0.796. The van der Waals surface area contributed by atoms with Crippen LogP contribution < -0.4 is 4.74 Å². The minimum Gasteiger partial charge on any atom is -0.497 e. The first-order chi connectivity index (χ1) is 11.1. The van der Waals surface area contributed by atoms with Crippen molar-refractivity contribution in [2.45, 2.75) is 25.3 Å². The molecule has 1 saturated heterocycles. The molecule has 0 aliphatic carbocycles. The van der Waals surface area contributed by atoms with E-state index in [-0.39, 0.29) is 17.9 Å². The Bertz CT molecular complexity index is 536. The second kappa shape index (κ2) is 7.85. The van der Waals surface area contributed by atoms with Crippen LogP contribution in [-0.2, 0) is 20.7 Å². The summed E-state index contributed by atoms with van der Waals surface area (Å²) in [6.07, 6.45) is 1.59. The summed E-state index contributed by atoms with van der Waals surface area (Å²) in [5.41, 5.74) is 0.999. The summed E-state index contributed by atoms with van der Waals surface area (Å²) in [6.45, 7) is 0.578. The monoisotopic (exact) mass is 321 g/mol. The molecule has 0 N–H and O–H groups in total. The standard InChI is InChI=1S/C17H23NO5/c1-21-13-7-4-6-12(10-13)11-15-14(16(19)22-2)8-5-9-18(15)17(20)23-3/h4,6-7,10,14-15H,5,8-9,11H2,1-3H3. The van der Waals surface area contributed by atoms with Crippen molar-refractivity contribution in [1.29, 1.82) is 0 Å². The third kappa shape index (κ3) is 3.94. The molecule has 0 radical (unpaired) electrons. The predicted molar refractivity (Wildman–Crippen MR) is 84.3 cm³/mol. The number of amides is 1. The summed E-state index contributed by atoms with van der Waals surface area (Å²) < 4.78 is 15.0. The van der Waals surface area contributed by atoms with Gasteiger partial charge in [-0.15, -0.1) is 0 Å². The van der Waals surface area contributed by atoms with E-state index in [0.29, 0.717) is 19.4 Å². The average molecular weight is 321 g/mol. The van der Waals surface area contributed by atoms with E-state index >= 15 is 0 Å². The number of piperidine rings is 1. The number of hydrogen-bond donors (Lipinski definition) is 0. The highest BCUT2D eigenvalue weighted by molar-refractivity contribution is 5.75. The Morgan fingerprint density at radius 2 is 2.00 bits per heavy atom. The average Bonchev–Trinajstić information content (AvgIpc) is 2.60. The zero-order chi connectivity index (χ0) is 16.8. The van der Waals surface area contributed by atoms with Gasteiger partial charge in [0.1, 0.15) is 5.75 Å². The molecule has 1 amide bonds. The van der Waals surface area contributed by atoms with E-state index in [4.69, 9.17) is 14.2 Å². The first-order valence-electron chi connectivity index (χ1n) is 7.66. The van der Waals surface area contributed by atoms with Crippen molar-refractivity contribution in [2.24, 2.45) is 5.92 Å². The first kappa shape index (κ1) is 17.1. The van der Waals surface area contributed by atoms with Crippen LogP contribution in [0.1, 0.15) is 18.4 Å². The molecule has 1 aliphatic heterocycles. The zero-order valence-electron chi connectivity index (χ0n) is 13.8. The van der Waals surface area contributed by atoms with Crippen LogP contribution in [0.5, 0.6) is 5.75 Å². The number of benzene rings is 1. The fourth-order valence-electron chi connectivity index (χ4n) is 3.12. The van der Waals surface area contributed by atoms with Crippen molar-refractivity contribution in [3.8, 4) is 5.75 Å². The van der Waals surface area contributed by atoms with E-state index in [2.05, 4.69) is 0 Å². The number of nitrogens with zero attached hydrogens (tertiary/aromatic N) is 1. The van der Waals surface area contributed by atoms with Gasteiger partial charge < -0.3 is 19.1 Å². The molecular weight excluding hydrogens is 298 g/mol. The third-order valence-corrected chi connectivity index (χ3v) is 4.27. The van der Waals surface area contributed by atoms with E-state index in [1.807, 2.05) is 24.3 Å². The molecule has 23 heavy (non-hydrogen) atoms. The van der Waals surface area contributed by atoms with Gasteiger partial charge in [-0.1, -0.05) is 12.1 Å². The molecule has 0 aromatic heterocycles. The number of ether oxygens (including phenoxy) is 3. The molecule has 6 nitrogen and oxygen atoms in total. The van der Waals surface area contributed by atoms with Crippen molar-refractivity contribution in [2.75, 3.05) is 27.9 Å². The van der Waals surface area contributed by atoms with Crippen molar-refractivity contribution in [3.63, 3.8) is 0 Å². The summed E-state index contributed by atoms with van der Waals surface area (Å²) in [5.74, 6) is 0.114. The van der Waals surface area contributed by atoms with Crippen molar-refractivity contribution in [1.82, 2.24) is 4.90 Å². The smallest absolute Gasteiger partial charge is 0.409 e. The van der Waals surface area contributed by atoms with Crippen LogP contribution in [0.2, 0.25) is 0 Å². The fourth-order valence-corrected chi connectivity index (χ4v) is 3.12. The second-order valence-corrected chi connectivity index (χ2v) is 5.56. The van der Waals surface area contributed by atoms with Crippen LogP contribution in [0.25, 0.3) is 0 Å². The topological polar surface area (TPSA) is 65.1 Å². The SMILES string of the molecule is COC(=O)C1CCCN(C(=O)OC)C1Cc1cccc(OC)c1. The molecule has 1 fully saturated rings. The van der Waals surface area contributed by atoms with Gasteiger partial charge in [-0.3, -0.25) is 4.79 Å². The molecule has 1 heterocycles. The van der Waals surface area contributed by atoms with Crippen LogP contribution in [0.15, 0.2) is 24.3 Å². The van der Waals surface area contributed by atoms with Crippen LogP contribution in [0.3, 0.4) is 0 Å². The number of methoxy groups -OCH3 is 3. The minimum atomic E-state index is -0.411. The van der Waals surface area contributed by atoms with E-state index in [1.165, 1.54) is 14.2 Å². The number of likely N-dealkylation sites (tertiary alicyclic amines) is 1.